The van der Waals surface area contributed by atoms with Gasteiger partial charge in [-0.1, -0.05) is 33.3 Å². The number of pyridine rings is 1. The fraction of sp³-hybridized carbons (Fsp3) is 0.722. The van der Waals surface area contributed by atoms with E-state index in [2.05, 4.69) is 49.4 Å². The smallest absolute Gasteiger partial charge is 0.0406 e. The normalized spacial score (nSPS) is 26.6. The summed E-state index contributed by atoms with van der Waals surface area (Å²) in [4.78, 5) is 4.66. The molecule has 112 valence electrons. The third-order valence-electron chi connectivity index (χ3n) is 4.82. The topological polar surface area (TPSA) is 24.9 Å². The van der Waals surface area contributed by atoms with Gasteiger partial charge >= 0.3 is 0 Å². The van der Waals surface area contributed by atoms with Crippen LogP contribution in [-0.4, -0.2) is 18.1 Å². The number of rotatable bonds is 6. The van der Waals surface area contributed by atoms with Crippen LogP contribution in [-0.2, 0) is 12.8 Å². The fourth-order valence-corrected chi connectivity index (χ4v) is 3.46. The van der Waals surface area contributed by atoms with Crippen molar-refractivity contribution in [2.75, 3.05) is 13.1 Å². The molecule has 1 fully saturated rings. The van der Waals surface area contributed by atoms with Crippen LogP contribution in [0.4, 0.5) is 0 Å². The lowest BCUT2D eigenvalue weighted by Crippen LogP contribution is -2.33. The molecule has 0 spiro atoms. The van der Waals surface area contributed by atoms with Crippen LogP contribution in [0.3, 0.4) is 0 Å². The first kappa shape index (κ1) is 15.5. The van der Waals surface area contributed by atoms with E-state index >= 15 is 0 Å². The molecule has 0 aliphatic heterocycles. The number of nitrogens with zero attached hydrogens (tertiary/aromatic N) is 1. The lowest BCUT2D eigenvalue weighted by atomic mass is 9.72. The van der Waals surface area contributed by atoms with E-state index < -0.39 is 0 Å². The average molecular weight is 274 g/mol. The lowest BCUT2D eigenvalue weighted by molar-refractivity contribution is 0.183. The summed E-state index contributed by atoms with van der Waals surface area (Å²) in [6.07, 6.45) is 8.44. The van der Waals surface area contributed by atoms with Crippen LogP contribution < -0.4 is 5.32 Å². The standard InChI is InChI=1S/C18H30N2/c1-4-15-7-9-18(20-12-15)11-17-10-14(3)6-8-16(17)13-19-5-2/h7,9,12,14,16-17,19H,4-6,8,10-11,13H2,1-3H3. The fourth-order valence-electron chi connectivity index (χ4n) is 3.46. The number of aryl methyl sites for hydroxylation is 1. The van der Waals surface area contributed by atoms with E-state index in [9.17, 15) is 0 Å². The molecule has 1 aliphatic rings. The minimum atomic E-state index is 0.803. The van der Waals surface area contributed by atoms with Gasteiger partial charge in [0.2, 0.25) is 0 Å². The zero-order valence-electron chi connectivity index (χ0n) is 13.4. The number of nitrogens with one attached hydrogen (secondary N) is 1. The molecule has 20 heavy (non-hydrogen) atoms. The van der Waals surface area contributed by atoms with Gasteiger partial charge in [-0.05, 0) is 68.2 Å². The van der Waals surface area contributed by atoms with Gasteiger partial charge < -0.3 is 5.32 Å². The second-order valence-corrected chi connectivity index (χ2v) is 6.46. The van der Waals surface area contributed by atoms with Gasteiger partial charge in [0.05, 0.1) is 0 Å². The van der Waals surface area contributed by atoms with Gasteiger partial charge in [-0.3, -0.25) is 4.98 Å². The maximum atomic E-state index is 4.66. The quantitative estimate of drug-likeness (QED) is 0.852. The molecule has 3 unspecified atom stereocenters. The van der Waals surface area contributed by atoms with Crippen LogP contribution in [0, 0.1) is 17.8 Å². The van der Waals surface area contributed by atoms with Crippen LogP contribution in [0.1, 0.15) is 51.3 Å². The summed E-state index contributed by atoms with van der Waals surface area (Å²) >= 11 is 0. The van der Waals surface area contributed by atoms with E-state index in [1.165, 1.54) is 37.1 Å². The highest BCUT2D eigenvalue weighted by atomic mass is 14.8. The number of aromatic nitrogens is 1. The van der Waals surface area contributed by atoms with E-state index in [0.717, 1.165) is 37.1 Å². The maximum Gasteiger partial charge on any atom is 0.0406 e. The molecule has 1 aromatic heterocycles. The highest BCUT2D eigenvalue weighted by molar-refractivity contribution is 5.14. The van der Waals surface area contributed by atoms with Gasteiger partial charge in [-0.2, -0.15) is 0 Å². The van der Waals surface area contributed by atoms with Crippen molar-refractivity contribution in [2.24, 2.45) is 17.8 Å². The molecular formula is C18H30N2. The van der Waals surface area contributed by atoms with Crippen molar-refractivity contribution in [3.05, 3.63) is 29.6 Å². The molecule has 1 heterocycles. The highest BCUT2D eigenvalue weighted by Gasteiger charge is 2.28. The second kappa shape index (κ2) is 7.78. The predicted octanol–water partition coefficient (Wildman–Crippen LogP) is 3.85. The van der Waals surface area contributed by atoms with Crippen molar-refractivity contribution < 1.29 is 0 Å². The second-order valence-electron chi connectivity index (χ2n) is 6.46. The van der Waals surface area contributed by atoms with Gasteiger partial charge in [-0.15, -0.1) is 0 Å². The van der Waals surface area contributed by atoms with Crippen LogP contribution in [0.25, 0.3) is 0 Å². The Labute approximate surface area is 124 Å². The molecule has 3 atom stereocenters. The van der Waals surface area contributed by atoms with E-state index in [-0.39, 0.29) is 0 Å². The molecule has 1 aromatic rings. The molecule has 1 saturated carbocycles. The Hall–Kier alpha value is -0.890. The molecular weight excluding hydrogens is 244 g/mol. The van der Waals surface area contributed by atoms with E-state index in [1.54, 1.807) is 0 Å². The molecule has 2 nitrogen and oxygen atoms in total. The van der Waals surface area contributed by atoms with Crippen molar-refractivity contribution in [1.29, 1.82) is 0 Å². The Morgan fingerprint density at radius 2 is 2.05 bits per heavy atom. The monoisotopic (exact) mass is 274 g/mol. The Morgan fingerprint density at radius 3 is 2.70 bits per heavy atom. The first-order valence-corrected chi connectivity index (χ1v) is 8.37. The largest absolute Gasteiger partial charge is 0.317 e. The molecule has 1 N–H and O–H groups in total. The Kier molecular flexibility index (Phi) is 6.03. The molecule has 0 radical (unpaired) electrons. The van der Waals surface area contributed by atoms with Crippen molar-refractivity contribution in [3.8, 4) is 0 Å². The van der Waals surface area contributed by atoms with E-state index in [4.69, 9.17) is 0 Å². The van der Waals surface area contributed by atoms with Crippen molar-refractivity contribution in [3.63, 3.8) is 0 Å². The molecule has 2 rings (SSSR count). The number of hydrogen-bond acceptors (Lipinski definition) is 2. The van der Waals surface area contributed by atoms with Crippen LogP contribution in [0.2, 0.25) is 0 Å². The van der Waals surface area contributed by atoms with Crippen molar-refractivity contribution in [1.82, 2.24) is 10.3 Å². The summed E-state index contributed by atoms with van der Waals surface area (Å²) in [5, 5.41) is 3.55. The summed E-state index contributed by atoms with van der Waals surface area (Å²) in [5.41, 5.74) is 2.62. The molecule has 0 saturated heterocycles. The zero-order chi connectivity index (χ0) is 14.4. The Bertz CT molecular complexity index is 383. The van der Waals surface area contributed by atoms with Crippen molar-refractivity contribution in [2.45, 2.75) is 52.9 Å². The van der Waals surface area contributed by atoms with E-state index in [0.29, 0.717) is 0 Å². The minimum absolute atomic E-state index is 0.803. The average Bonchev–Trinajstić information content (AvgIpc) is 2.47. The Balaban J connectivity index is 1.98. The summed E-state index contributed by atoms with van der Waals surface area (Å²) < 4.78 is 0. The molecule has 2 heteroatoms. The van der Waals surface area contributed by atoms with Gasteiger partial charge in [0.25, 0.3) is 0 Å². The maximum absolute atomic E-state index is 4.66. The zero-order valence-corrected chi connectivity index (χ0v) is 13.4. The Morgan fingerprint density at radius 1 is 1.20 bits per heavy atom. The third-order valence-corrected chi connectivity index (χ3v) is 4.82. The third kappa shape index (κ3) is 4.31. The van der Waals surface area contributed by atoms with Crippen LogP contribution >= 0.6 is 0 Å². The first-order chi connectivity index (χ1) is 9.72. The van der Waals surface area contributed by atoms with Gasteiger partial charge in [0.15, 0.2) is 0 Å². The molecule has 0 amide bonds. The minimum Gasteiger partial charge on any atom is -0.317 e. The molecule has 0 bridgehead atoms. The summed E-state index contributed by atoms with van der Waals surface area (Å²) in [6, 6.07) is 4.48. The lowest BCUT2D eigenvalue weighted by Gasteiger charge is -2.35. The van der Waals surface area contributed by atoms with Gasteiger partial charge in [0.1, 0.15) is 0 Å². The summed E-state index contributed by atoms with van der Waals surface area (Å²) in [6.45, 7) is 9.06. The van der Waals surface area contributed by atoms with Crippen molar-refractivity contribution >= 4 is 0 Å². The van der Waals surface area contributed by atoms with Gasteiger partial charge in [0, 0.05) is 11.9 Å². The van der Waals surface area contributed by atoms with Crippen LogP contribution in [0.5, 0.6) is 0 Å². The van der Waals surface area contributed by atoms with E-state index in [1.807, 2.05) is 0 Å². The van der Waals surface area contributed by atoms with Crippen LogP contribution in [0.15, 0.2) is 18.3 Å². The molecule has 0 aromatic carbocycles. The highest BCUT2D eigenvalue weighted by Crippen LogP contribution is 2.35. The summed E-state index contributed by atoms with van der Waals surface area (Å²) in [7, 11) is 0. The SMILES string of the molecule is CCNCC1CCC(C)CC1Cc1ccc(CC)cn1. The number of hydrogen-bond donors (Lipinski definition) is 1. The molecule has 1 aliphatic carbocycles. The van der Waals surface area contributed by atoms with Gasteiger partial charge in [-0.25, -0.2) is 0 Å². The summed E-state index contributed by atoms with van der Waals surface area (Å²) in [5.74, 6) is 2.52. The predicted molar refractivity (Wildman–Crippen MR) is 85.9 cm³/mol. The first-order valence-electron chi connectivity index (χ1n) is 8.37.